The Morgan fingerprint density at radius 1 is 1.12 bits per heavy atom. The van der Waals surface area contributed by atoms with Gasteiger partial charge in [-0.3, -0.25) is 9.89 Å². The van der Waals surface area contributed by atoms with Gasteiger partial charge in [0.1, 0.15) is 18.4 Å². The molecule has 6 rings (SSSR count). The molecule has 2 aromatic carbocycles. The number of anilines is 3. The molecule has 1 fully saturated rings. The molecule has 1 aliphatic carbocycles. The lowest BCUT2D eigenvalue weighted by Crippen LogP contribution is -2.57. The maximum Gasteiger partial charge on any atom is 0.157 e. The number of hydrogen-bond acceptors (Lipinski definition) is 9. The lowest BCUT2D eigenvalue weighted by molar-refractivity contribution is 0.153. The van der Waals surface area contributed by atoms with E-state index in [4.69, 9.17) is 21.2 Å². The number of pyridine rings is 1. The molecule has 3 aromatic rings. The molecule has 0 saturated heterocycles. The maximum atomic E-state index is 6.63. The van der Waals surface area contributed by atoms with E-state index in [1.165, 1.54) is 12.0 Å². The maximum absolute atomic E-state index is 6.63. The number of dihydropyridines is 1. The van der Waals surface area contributed by atoms with Gasteiger partial charge in [0.2, 0.25) is 0 Å². The number of aromatic nitrogens is 1. The van der Waals surface area contributed by atoms with Crippen LogP contribution in [0.15, 0.2) is 94.7 Å². The Kier molecular flexibility index (Phi) is 7.07. The average Bonchev–Trinajstić information content (AvgIpc) is 3.28. The summed E-state index contributed by atoms with van der Waals surface area (Å²) in [6, 6.07) is 20.7. The predicted octanol–water partition coefficient (Wildman–Crippen LogP) is 4.60. The van der Waals surface area contributed by atoms with E-state index in [1.54, 1.807) is 6.20 Å². The van der Waals surface area contributed by atoms with Crippen molar-refractivity contribution < 1.29 is 4.74 Å². The largest absolute Gasteiger partial charge is 0.383 e. The van der Waals surface area contributed by atoms with Crippen LogP contribution in [-0.4, -0.2) is 43.1 Å². The van der Waals surface area contributed by atoms with Gasteiger partial charge >= 0.3 is 0 Å². The zero-order chi connectivity index (χ0) is 28.5. The first-order valence-corrected chi connectivity index (χ1v) is 14.0. The quantitative estimate of drug-likeness (QED) is 0.215. The van der Waals surface area contributed by atoms with Crippen LogP contribution in [0.4, 0.5) is 17.2 Å². The molecule has 41 heavy (non-hydrogen) atoms. The molecule has 0 spiro atoms. The number of amidine groups is 1. The van der Waals surface area contributed by atoms with Gasteiger partial charge in [0, 0.05) is 35.4 Å². The first-order valence-electron chi connectivity index (χ1n) is 14.0. The topological polar surface area (TPSA) is 126 Å². The van der Waals surface area contributed by atoms with Crippen LogP contribution in [0, 0.1) is 0 Å². The first-order chi connectivity index (χ1) is 19.9. The molecule has 210 valence electrons. The number of rotatable bonds is 10. The van der Waals surface area contributed by atoms with Gasteiger partial charge in [-0.25, -0.2) is 9.98 Å². The van der Waals surface area contributed by atoms with E-state index in [1.807, 2.05) is 24.3 Å². The van der Waals surface area contributed by atoms with Gasteiger partial charge in [0.25, 0.3) is 0 Å². The van der Waals surface area contributed by atoms with Crippen molar-refractivity contribution >= 4 is 35.4 Å². The highest BCUT2D eigenvalue weighted by Crippen LogP contribution is 2.43. The molecule has 1 aromatic heterocycles. The lowest BCUT2D eigenvalue weighted by atomic mass is 9.73. The molecule has 1 atom stereocenters. The molecular weight excluding hydrogens is 512 g/mol. The summed E-state index contributed by atoms with van der Waals surface area (Å²) in [4.78, 5) is 15.4. The third-order valence-electron chi connectivity index (χ3n) is 8.13. The van der Waals surface area contributed by atoms with E-state index >= 15 is 0 Å². The summed E-state index contributed by atoms with van der Waals surface area (Å²) in [6.45, 7) is 7.10. The van der Waals surface area contributed by atoms with Crippen molar-refractivity contribution in [1.29, 1.82) is 0 Å². The number of ether oxygens (including phenoxy) is 1. The summed E-state index contributed by atoms with van der Waals surface area (Å²) in [6.07, 6.45) is 9.05. The summed E-state index contributed by atoms with van der Waals surface area (Å²) >= 11 is 0. The monoisotopic (exact) mass is 548 g/mol. The Labute approximate surface area is 240 Å². The van der Waals surface area contributed by atoms with Crippen LogP contribution in [0.3, 0.4) is 0 Å². The fourth-order valence-corrected chi connectivity index (χ4v) is 5.70. The van der Waals surface area contributed by atoms with Crippen molar-refractivity contribution in [2.75, 3.05) is 35.8 Å². The second-order valence-electron chi connectivity index (χ2n) is 10.9. The minimum atomic E-state index is -0.672. The molecule has 0 bridgehead atoms. The number of nitrogens with zero attached hydrogens (tertiary/aromatic N) is 4. The van der Waals surface area contributed by atoms with E-state index in [0.717, 1.165) is 52.6 Å². The van der Waals surface area contributed by atoms with Crippen LogP contribution in [-0.2, 0) is 10.3 Å². The summed E-state index contributed by atoms with van der Waals surface area (Å²) < 4.78 is 5.39. The van der Waals surface area contributed by atoms with Crippen molar-refractivity contribution in [2.24, 2.45) is 15.7 Å². The predicted molar refractivity (Wildman–Crippen MR) is 167 cm³/mol. The molecule has 9 nitrogen and oxygen atoms in total. The second kappa shape index (κ2) is 10.8. The van der Waals surface area contributed by atoms with Crippen molar-refractivity contribution in [2.45, 2.75) is 37.4 Å². The first kappa shape index (κ1) is 26.7. The highest BCUT2D eigenvalue weighted by Gasteiger charge is 2.47. The number of nitrogen functional groups attached to an aromatic ring is 1. The average molecular weight is 549 g/mol. The fraction of sp³-hybridized carbons (Fsp3) is 0.281. The highest BCUT2D eigenvalue weighted by atomic mass is 16.5. The van der Waals surface area contributed by atoms with Crippen LogP contribution >= 0.6 is 0 Å². The Hall–Kier alpha value is -4.47. The van der Waals surface area contributed by atoms with Gasteiger partial charge in [-0.1, -0.05) is 24.3 Å². The van der Waals surface area contributed by atoms with Crippen LogP contribution in [0.25, 0.3) is 5.70 Å². The standard InChI is InChI=1S/C32H36N8O/c1-31-28(14-13-27(39-31)22-6-3-7-24(20-22)36-18-19-41-21-35-2)38-30(26-8-4-17-37-29(26)33)40(31)25-11-9-23(10-12-25)32(34)15-5-16-32/h3-4,6-14,17,20,36,39H,2,5,15-16,18-19,21,34H2,1H3,(H2,33,37). The minimum Gasteiger partial charge on any atom is -0.383 e. The summed E-state index contributed by atoms with van der Waals surface area (Å²) in [5.74, 6) is 1.18. The third kappa shape index (κ3) is 4.98. The van der Waals surface area contributed by atoms with Crippen molar-refractivity contribution in [1.82, 2.24) is 10.3 Å². The molecule has 0 radical (unpaired) electrons. The van der Waals surface area contributed by atoms with Crippen molar-refractivity contribution in [3.63, 3.8) is 0 Å². The van der Waals surface area contributed by atoms with E-state index in [2.05, 4.69) is 87.7 Å². The van der Waals surface area contributed by atoms with Gasteiger partial charge in [-0.15, -0.1) is 0 Å². The number of hydrogen-bond donors (Lipinski definition) is 4. The number of aliphatic imine (C=N–C) groups is 2. The van der Waals surface area contributed by atoms with E-state index < -0.39 is 5.66 Å². The van der Waals surface area contributed by atoms with Gasteiger partial charge in [0.15, 0.2) is 5.66 Å². The number of allylic oxidation sites excluding steroid dienone is 2. The zero-order valence-electron chi connectivity index (χ0n) is 23.3. The summed E-state index contributed by atoms with van der Waals surface area (Å²) in [5.41, 5.74) is 19.0. The van der Waals surface area contributed by atoms with E-state index in [-0.39, 0.29) is 5.54 Å². The molecule has 3 aliphatic rings. The van der Waals surface area contributed by atoms with Gasteiger partial charge in [-0.05, 0) is 92.6 Å². The molecule has 2 aliphatic heterocycles. The van der Waals surface area contributed by atoms with Crippen molar-refractivity contribution in [3.05, 3.63) is 101 Å². The van der Waals surface area contributed by atoms with Crippen LogP contribution < -0.4 is 27.0 Å². The second-order valence-corrected chi connectivity index (χ2v) is 10.9. The highest BCUT2D eigenvalue weighted by molar-refractivity contribution is 6.16. The van der Waals surface area contributed by atoms with E-state index in [9.17, 15) is 0 Å². The molecule has 6 N–H and O–H groups in total. The zero-order valence-corrected chi connectivity index (χ0v) is 23.3. The van der Waals surface area contributed by atoms with Crippen LogP contribution in [0.1, 0.15) is 42.9 Å². The Bertz CT molecular complexity index is 1540. The molecule has 3 heterocycles. The Balaban J connectivity index is 1.33. The number of nitrogens with one attached hydrogen (secondary N) is 2. The molecule has 9 heteroatoms. The molecule has 1 unspecified atom stereocenters. The molecular formula is C32H36N8O. The summed E-state index contributed by atoms with van der Waals surface area (Å²) in [5, 5.41) is 7.21. The summed E-state index contributed by atoms with van der Waals surface area (Å²) in [7, 11) is 0. The lowest BCUT2D eigenvalue weighted by Gasteiger charge is -2.42. The van der Waals surface area contributed by atoms with Crippen molar-refractivity contribution in [3.8, 4) is 0 Å². The Morgan fingerprint density at radius 3 is 2.68 bits per heavy atom. The Morgan fingerprint density at radius 2 is 1.95 bits per heavy atom. The smallest absolute Gasteiger partial charge is 0.157 e. The van der Waals surface area contributed by atoms with Gasteiger partial charge in [-0.2, -0.15) is 0 Å². The number of benzene rings is 2. The minimum absolute atomic E-state index is 0.226. The SMILES string of the molecule is C=NCOCCNc1cccc(C2=CC=C3N=C(c4cccnc4N)N(c4ccc(C5(N)CCC5)cc4)C3(C)N2)c1. The van der Waals surface area contributed by atoms with E-state index in [0.29, 0.717) is 25.7 Å². The van der Waals surface area contributed by atoms with Crippen LogP contribution in [0.5, 0.6) is 0 Å². The fourth-order valence-electron chi connectivity index (χ4n) is 5.70. The van der Waals surface area contributed by atoms with Gasteiger partial charge in [0.05, 0.1) is 17.9 Å². The number of fused-ring (bicyclic) bond motifs is 1. The van der Waals surface area contributed by atoms with Crippen LogP contribution in [0.2, 0.25) is 0 Å². The number of nitrogens with two attached hydrogens (primary N) is 2. The molecule has 1 saturated carbocycles. The molecule has 0 amide bonds. The third-order valence-corrected chi connectivity index (χ3v) is 8.13. The van der Waals surface area contributed by atoms with Gasteiger partial charge < -0.3 is 26.8 Å². The normalized spacial score (nSPS) is 20.6.